The highest BCUT2D eigenvalue weighted by Crippen LogP contribution is 2.19. The van der Waals surface area contributed by atoms with Crippen molar-refractivity contribution in [3.63, 3.8) is 0 Å². The summed E-state index contributed by atoms with van der Waals surface area (Å²) in [6, 6.07) is 30.5. The van der Waals surface area contributed by atoms with E-state index in [4.69, 9.17) is 4.74 Å². The summed E-state index contributed by atoms with van der Waals surface area (Å²) < 4.78 is 10.0. The lowest BCUT2D eigenvalue weighted by molar-refractivity contribution is -1.09. The predicted molar refractivity (Wildman–Crippen MR) is 242 cm³/mol. The van der Waals surface area contributed by atoms with Crippen LogP contribution in [0.1, 0.15) is 43.6 Å². The molecule has 17 nitrogen and oxygen atoms in total. The minimum absolute atomic E-state index is 0.125. The zero-order chi connectivity index (χ0) is 47.5. The Labute approximate surface area is 371 Å². The molecule has 6 aromatic rings. The first-order valence-corrected chi connectivity index (χ1v) is 20.1. The first-order chi connectivity index (χ1) is 29.5. The highest BCUT2D eigenvalue weighted by atomic mass is 16.6. The normalized spacial score (nSPS) is 13.9. The second-order valence-electron chi connectivity index (χ2n) is 15.8. The molecule has 0 bridgehead atoms. The zero-order valence-corrected chi connectivity index (χ0v) is 38.0. The van der Waals surface area contributed by atoms with Gasteiger partial charge in [-0.05, 0) is 24.6 Å². The molecule has 1 saturated heterocycles. The molecule has 1 fully saturated rings. The highest BCUT2D eigenvalue weighted by Gasteiger charge is 2.30. The van der Waals surface area contributed by atoms with Gasteiger partial charge in [-0.1, -0.05) is 30.3 Å². The summed E-state index contributed by atoms with van der Waals surface area (Å²) in [6.07, 6.45) is 14.0. The number of quaternary nitrogens is 2. The van der Waals surface area contributed by atoms with Gasteiger partial charge in [0.05, 0.1) is 41.4 Å². The van der Waals surface area contributed by atoms with Gasteiger partial charge in [-0.3, -0.25) is 0 Å². The summed E-state index contributed by atoms with van der Waals surface area (Å²) in [7, 11) is 6.50. The molecule has 0 unspecified atom stereocenters. The van der Waals surface area contributed by atoms with Crippen molar-refractivity contribution in [2.75, 3.05) is 54.5 Å². The first kappa shape index (κ1) is 54.5. The number of hydroxylamine groups is 7. The maximum absolute atomic E-state index is 11.1. The molecule has 0 radical (unpaired) electrons. The highest BCUT2D eigenvalue weighted by molar-refractivity contribution is 5.74. The molecule has 63 heavy (non-hydrogen) atoms. The number of benzene rings is 1. The standard InChI is InChI=1S/C9H7NO.C6H11NO.3C6H7NO.C5H12NO2.C5H5NO.C3H9NO/c11-10-7-3-5-8-4-1-2-6-9(8)10;1-6(2)4-3-5-7(6)8;1-6-2-4-7(8)5-3-6;2*1-6-4-2-3-5-7(6)8;1-6(7)2-4-8-5-3-6;7-6-4-2-1-3-5-6;1-4(2,3)5/h1-7H;5H,3-4H2,1-2H3;3*2-5H,1H3;7H,2-5H2,1H3;1-5H;1-3H3/q;;;;;+1;;. The maximum Gasteiger partial charge on any atom is 0.223 e. The van der Waals surface area contributed by atoms with Crippen molar-refractivity contribution in [1.29, 1.82) is 0 Å². The summed E-state index contributed by atoms with van der Waals surface area (Å²) in [5.74, 6) is 0. The Balaban J connectivity index is 0.000000363. The summed E-state index contributed by atoms with van der Waals surface area (Å²) >= 11 is 0. The molecule has 8 rings (SSSR count). The molecular weight excluding hydrogens is 809 g/mol. The molecule has 342 valence electrons. The van der Waals surface area contributed by atoms with Crippen molar-refractivity contribution < 1.29 is 47.6 Å². The van der Waals surface area contributed by atoms with Gasteiger partial charge in [-0.2, -0.15) is 28.3 Å². The third-order valence-electron chi connectivity index (χ3n) is 8.45. The quantitative estimate of drug-likeness (QED) is 0.0954. The van der Waals surface area contributed by atoms with E-state index < -0.39 is 0 Å². The van der Waals surface area contributed by atoms with Gasteiger partial charge in [0.1, 0.15) is 13.1 Å². The van der Waals surface area contributed by atoms with E-state index in [1.165, 1.54) is 43.4 Å². The van der Waals surface area contributed by atoms with Crippen LogP contribution in [-0.2, 0) is 4.74 Å². The fraction of sp³-hybridized carbons (Fsp3) is 0.348. The average Bonchev–Trinajstić information content (AvgIpc) is 3.54. The molecule has 0 aliphatic carbocycles. The van der Waals surface area contributed by atoms with Crippen LogP contribution in [0.5, 0.6) is 0 Å². The molecular formula is C46H65N8O9+. The SMILES string of the molecule is CC1(C)CCC=[N+]1[O-].C[N+](C)(C)[O-].C[N+]1(O)CCOCC1.Cc1cc[n+]([O-])cc1.Cc1cccc[n+]1[O-].Cc1cccc[n+]1[O-].[O-][n+]1cccc2ccccc21.[O-][n+]1ccccc1. The average molecular weight is 874 g/mol. The second kappa shape index (κ2) is 28.2. The number of para-hydroxylation sites is 1. The minimum Gasteiger partial charge on any atom is -0.633 e. The van der Waals surface area contributed by atoms with Crippen LogP contribution < -0.4 is 23.7 Å². The van der Waals surface area contributed by atoms with E-state index in [0.717, 1.165) is 82.2 Å². The van der Waals surface area contributed by atoms with Gasteiger partial charge in [-0.15, -0.1) is 0 Å². The Morgan fingerprint density at radius 2 is 1.02 bits per heavy atom. The number of morpholine rings is 1. The number of pyridine rings is 5. The van der Waals surface area contributed by atoms with Crippen molar-refractivity contribution in [3.8, 4) is 0 Å². The Hall–Kier alpha value is -6.50. The van der Waals surface area contributed by atoms with Gasteiger partial charge in [0, 0.05) is 107 Å². The first-order valence-electron chi connectivity index (χ1n) is 20.1. The monoisotopic (exact) mass is 873 g/mol. The molecule has 17 heteroatoms. The number of aromatic nitrogens is 5. The van der Waals surface area contributed by atoms with Gasteiger partial charge in [-0.25, -0.2) is 9.95 Å². The van der Waals surface area contributed by atoms with Crippen LogP contribution in [0.25, 0.3) is 10.9 Å². The summed E-state index contributed by atoms with van der Waals surface area (Å²) in [4.78, 5) is 0. The molecule has 0 amide bonds. The molecule has 5 aromatic heterocycles. The largest absolute Gasteiger partial charge is 0.633 e. The van der Waals surface area contributed by atoms with Crippen LogP contribution >= 0.6 is 0 Å². The number of nitrogens with zero attached hydrogens (tertiary/aromatic N) is 8. The van der Waals surface area contributed by atoms with Crippen LogP contribution in [0.15, 0.2) is 147 Å². The third kappa shape index (κ3) is 26.4. The van der Waals surface area contributed by atoms with E-state index >= 15 is 0 Å². The van der Waals surface area contributed by atoms with E-state index in [-0.39, 0.29) is 14.8 Å². The maximum atomic E-state index is 11.1. The Morgan fingerprint density at radius 3 is 1.33 bits per heavy atom. The molecule has 2 aliphatic rings. The predicted octanol–water partition coefficient (Wildman–Crippen LogP) is 4.86. The van der Waals surface area contributed by atoms with Crippen molar-refractivity contribution in [2.24, 2.45) is 0 Å². The lowest BCUT2D eigenvalue weighted by atomic mass is 10.0. The van der Waals surface area contributed by atoms with E-state index in [1.54, 1.807) is 109 Å². The third-order valence-corrected chi connectivity index (χ3v) is 8.45. The number of likely N-dealkylation sites (N-methyl/N-ethyl adjacent to an activating group) is 1. The van der Waals surface area contributed by atoms with E-state index in [1.807, 2.05) is 63.2 Å². The molecule has 0 saturated carbocycles. The smallest absolute Gasteiger partial charge is 0.223 e. The van der Waals surface area contributed by atoms with E-state index in [9.17, 15) is 41.7 Å². The Bertz CT molecular complexity index is 2060. The van der Waals surface area contributed by atoms with Gasteiger partial charge in [0.15, 0.2) is 66.5 Å². The number of rotatable bonds is 0. The number of hydrogen-bond acceptors (Lipinski definition) is 9. The van der Waals surface area contributed by atoms with Crippen molar-refractivity contribution in [3.05, 3.63) is 200 Å². The fourth-order valence-corrected chi connectivity index (χ4v) is 4.66. The van der Waals surface area contributed by atoms with Crippen LogP contribution in [0, 0.1) is 57.2 Å². The summed E-state index contributed by atoms with van der Waals surface area (Å²) in [6.45, 7) is 12.2. The number of aryl methyl sites for hydroxylation is 3. The topological polar surface area (TPSA) is 213 Å². The van der Waals surface area contributed by atoms with Gasteiger partial charge in [0.25, 0.3) is 0 Å². The van der Waals surface area contributed by atoms with Crippen molar-refractivity contribution >= 4 is 17.1 Å². The van der Waals surface area contributed by atoms with Crippen molar-refractivity contribution in [2.45, 2.75) is 53.0 Å². The summed E-state index contributed by atoms with van der Waals surface area (Å²) in [5, 5.41) is 83.7. The van der Waals surface area contributed by atoms with Crippen molar-refractivity contribution in [1.82, 2.24) is 0 Å². The lowest BCUT2D eigenvalue weighted by Gasteiger charge is -2.28. The van der Waals surface area contributed by atoms with E-state index in [0.29, 0.717) is 13.2 Å². The number of fused-ring (bicyclic) bond motifs is 1. The van der Waals surface area contributed by atoms with Crippen LogP contribution in [0.4, 0.5) is 0 Å². The van der Waals surface area contributed by atoms with Crippen LogP contribution in [0.2, 0.25) is 0 Å². The van der Waals surface area contributed by atoms with Crippen LogP contribution in [0.3, 0.4) is 0 Å². The lowest BCUT2D eigenvalue weighted by Crippen LogP contribution is -2.48. The molecule has 1 N–H and O–H groups in total. The fourth-order valence-electron chi connectivity index (χ4n) is 4.66. The molecule has 7 heterocycles. The molecule has 0 atom stereocenters. The van der Waals surface area contributed by atoms with E-state index in [2.05, 4.69) is 0 Å². The molecule has 1 aromatic carbocycles. The van der Waals surface area contributed by atoms with Gasteiger partial charge >= 0.3 is 0 Å². The van der Waals surface area contributed by atoms with Gasteiger partial charge < -0.3 is 45.8 Å². The Kier molecular flexibility index (Phi) is 24.4. The molecule has 0 spiro atoms. The summed E-state index contributed by atoms with van der Waals surface area (Å²) in [5.41, 5.74) is 3.16. The number of hydrogen-bond donors (Lipinski definition) is 1. The van der Waals surface area contributed by atoms with Gasteiger partial charge in [0.2, 0.25) is 5.52 Å². The zero-order valence-electron chi connectivity index (χ0n) is 38.0. The minimum atomic E-state index is -0.250. The Morgan fingerprint density at radius 1 is 0.587 bits per heavy atom. The molecule has 2 aliphatic heterocycles. The second-order valence-corrected chi connectivity index (χ2v) is 15.8. The van der Waals surface area contributed by atoms with Crippen LogP contribution in [-0.4, -0.2) is 85.5 Å². The number of ether oxygens (including phenoxy) is 1.